The van der Waals surface area contributed by atoms with Crippen LogP contribution in [-0.2, 0) is 11.4 Å². The molecule has 1 aliphatic carbocycles. The molecule has 2 aromatic carbocycles. The van der Waals surface area contributed by atoms with Gasteiger partial charge in [-0.05, 0) is 73.6 Å². The average Bonchev–Trinajstić information content (AvgIpc) is 2.95. The monoisotopic (exact) mass is 501 g/mol. The second kappa shape index (κ2) is 13.0. The van der Waals surface area contributed by atoms with Gasteiger partial charge in [-0.25, -0.2) is 0 Å². The predicted molar refractivity (Wildman–Crippen MR) is 142 cm³/mol. The largest absolute Gasteiger partial charge is 0.493 e. The Balaban J connectivity index is 1.37. The van der Waals surface area contributed by atoms with Crippen LogP contribution < -0.4 is 14.8 Å². The number of ether oxygens (including phenoxy) is 2. The molecule has 1 heterocycles. The summed E-state index contributed by atoms with van der Waals surface area (Å²) in [6.45, 7) is 1.97. The number of rotatable bonds is 8. The minimum Gasteiger partial charge on any atom is -0.493 e. The van der Waals surface area contributed by atoms with Gasteiger partial charge in [0.15, 0.2) is 11.5 Å². The first kappa shape index (κ1) is 26.3. The number of hydrogen-bond acceptors (Lipinski definition) is 5. The van der Waals surface area contributed by atoms with E-state index < -0.39 is 0 Å². The third kappa shape index (κ3) is 7.13. The number of likely N-dealkylation sites (tertiary alicyclic amines) is 1. The highest BCUT2D eigenvalue weighted by molar-refractivity contribution is 6.01. The molecule has 4 rings (SSSR count). The number of amides is 2. The molecule has 1 aliphatic heterocycles. The second-order valence-electron chi connectivity index (χ2n) is 9.73. The predicted octanol–water partition coefficient (Wildman–Crippen LogP) is 5.26. The Labute approximate surface area is 219 Å². The number of carbonyl (C=O) groups is 2. The molecule has 0 radical (unpaired) electrons. The van der Waals surface area contributed by atoms with Crippen molar-refractivity contribution in [2.75, 3.05) is 20.2 Å². The van der Waals surface area contributed by atoms with Gasteiger partial charge in [-0.2, -0.15) is 5.26 Å². The summed E-state index contributed by atoms with van der Waals surface area (Å²) in [5.41, 5.74) is 2.38. The second-order valence-corrected chi connectivity index (χ2v) is 9.73. The molecule has 1 saturated heterocycles. The Kier molecular flexibility index (Phi) is 9.20. The lowest BCUT2D eigenvalue weighted by Crippen LogP contribution is -2.36. The molecule has 0 aromatic heterocycles. The summed E-state index contributed by atoms with van der Waals surface area (Å²) >= 11 is 0. The molecule has 7 nitrogen and oxygen atoms in total. The summed E-state index contributed by atoms with van der Waals surface area (Å²) in [4.78, 5) is 27.2. The van der Waals surface area contributed by atoms with E-state index >= 15 is 0 Å². The first-order chi connectivity index (χ1) is 18.1. The van der Waals surface area contributed by atoms with E-state index in [0.717, 1.165) is 57.2 Å². The molecule has 194 valence electrons. The molecule has 2 fully saturated rings. The van der Waals surface area contributed by atoms with Crippen LogP contribution in [0.25, 0.3) is 6.08 Å². The smallest absolute Gasteiger partial charge is 0.262 e. The van der Waals surface area contributed by atoms with E-state index in [4.69, 9.17) is 9.47 Å². The van der Waals surface area contributed by atoms with Crippen molar-refractivity contribution in [2.24, 2.45) is 0 Å². The number of nitrogens with zero attached hydrogens (tertiary/aromatic N) is 2. The maximum atomic E-state index is 12.7. The van der Waals surface area contributed by atoms with Crippen LogP contribution in [0.1, 0.15) is 72.9 Å². The van der Waals surface area contributed by atoms with Crippen molar-refractivity contribution < 1.29 is 19.1 Å². The van der Waals surface area contributed by atoms with Gasteiger partial charge in [0.2, 0.25) is 0 Å². The molecule has 2 amide bonds. The maximum Gasteiger partial charge on any atom is 0.262 e. The van der Waals surface area contributed by atoms with Crippen molar-refractivity contribution in [2.45, 2.75) is 64.0 Å². The van der Waals surface area contributed by atoms with Gasteiger partial charge in [0.1, 0.15) is 18.2 Å². The number of piperidine rings is 1. The van der Waals surface area contributed by atoms with Crippen LogP contribution in [0.5, 0.6) is 11.5 Å². The average molecular weight is 502 g/mol. The van der Waals surface area contributed by atoms with E-state index in [1.54, 1.807) is 31.4 Å². The molecule has 2 aliphatic rings. The Morgan fingerprint density at radius 1 is 1.00 bits per heavy atom. The summed E-state index contributed by atoms with van der Waals surface area (Å²) < 4.78 is 11.5. The first-order valence-corrected chi connectivity index (χ1v) is 13.2. The van der Waals surface area contributed by atoms with Crippen LogP contribution in [0.2, 0.25) is 0 Å². The van der Waals surface area contributed by atoms with Crippen LogP contribution in [0.15, 0.2) is 48.0 Å². The standard InChI is InChI=1S/C30H35N3O4/c1-36-28-19-23(18-25(20-31)29(34)32-26-8-4-2-5-9-26)12-15-27(28)37-21-22-10-13-24(14-11-22)30(35)33-16-6-3-7-17-33/h10-15,18-19,26H,2-9,16-17,21H2,1H3,(H,32,34)/b25-18-. The lowest BCUT2D eigenvalue weighted by atomic mass is 9.95. The van der Waals surface area contributed by atoms with Gasteiger partial charge >= 0.3 is 0 Å². The number of nitriles is 1. The van der Waals surface area contributed by atoms with E-state index in [2.05, 4.69) is 5.32 Å². The van der Waals surface area contributed by atoms with E-state index in [1.165, 1.54) is 12.8 Å². The molecule has 0 spiro atoms. The molecule has 0 bridgehead atoms. The Morgan fingerprint density at radius 3 is 2.38 bits per heavy atom. The van der Waals surface area contributed by atoms with Gasteiger partial charge in [0.05, 0.1) is 7.11 Å². The van der Waals surface area contributed by atoms with Crippen LogP contribution in [0, 0.1) is 11.3 Å². The van der Waals surface area contributed by atoms with Gasteiger partial charge in [-0.15, -0.1) is 0 Å². The summed E-state index contributed by atoms with van der Waals surface area (Å²) in [6, 6.07) is 15.0. The number of methoxy groups -OCH3 is 1. The molecule has 1 N–H and O–H groups in total. The van der Waals surface area contributed by atoms with E-state index in [1.807, 2.05) is 35.2 Å². The zero-order valence-electron chi connectivity index (χ0n) is 21.5. The number of benzene rings is 2. The van der Waals surface area contributed by atoms with Gasteiger partial charge in [-0.1, -0.05) is 37.5 Å². The van der Waals surface area contributed by atoms with Crippen molar-refractivity contribution in [3.8, 4) is 17.6 Å². The highest BCUT2D eigenvalue weighted by Gasteiger charge is 2.19. The summed E-state index contributed by atoms with van der Waals surface area (Å²) in [7, 11) is 1.55. The molecule has 0 unspecified atom stereocenters. The van der Waals surface area contributed by atoms with E-state index in [0.29, 0.717) is 29.2 Å². The van der Waals surface area contributed by atoms with Crippen molar-refractivity contribution >= 4 is 17.9 Å². The molecular weight excluding hydrogens is 466 g/mol. The van der Waals surface area contributed by atoms with Crippen molar-refractivity contribution in [1.82, 2.24) is 10.2 Å². The van der Waals surface area contributed by atoms with Gasteiger partial charge in [0.25, 0.3) is 11.8 Å². The van der Waals surface area contributed by atoms with Gasteiger partial charge in [-0.3, -0.25) is 9.59 Å². The maximum absolute atomic E-state index is 12.7. The van der Waals surface area contributed by atoms with Crippen LogP contribution >= 0.6 is 0 Å². The number of carbonyl (C=O) groups excluding carboxylic acids is 2. The SMILES string of the molecule is COc1cc(/C=C(/C#N)C(=O)NC2CCCCC2)ccc1OCc1ccc(C(=O)N2CCCCC2)cc1. The fourth-order valence-corrected chi connectivity index (χ4v) is 4.90. The van der Waals surface area contributed by atoms with Crippen molar-refractivity contribution in [3.05, 3.63) is 64.7 Å². The number of nitrogens with one attached hydrogen (secondary N) is 1. The third-order valence-corrected chi connectivity index (χ3v) is 7.04. The summed E-state index contributed by atoms with van der Waals surface area (Å²) in [5.74, 6) is 0.812. The quantitative estimate of drug-likeness (QED) is 0.394. The summed E-state index contributed by atoms with van der Waals surface area (Å²) in [6.07, 6.45) is 10.2. The number of hydrogen-bond donors (Lipinski definition) is 1. The lowest BCUT2D eigenvalue weighted by Gasteiger charge is -2.26. The highest BCUT2D eigenvalue weighted by atomic mass is 16.5. The molecule has 7 heteroatoms. The van der Waals surface area contributed by atoms with Gasteiger partial charge < -0.3 is 19.7 Å². The summed E-state index contributed by atoms with van der Waals surface area (Å²) in [5, 5.41) is 12.5. The van der Waals surface area contributed by atoms with E-state index in [-0.39, 0.29) is 23.4 Å². The fraction of sp³-hybridized carbons (Fsp3) is 0.433. The zero-order chi connectivity index (χ0) is 26.0. The highest BCUT2D eigenvalue weighted by Crippen LogP contribution is 2.30. The fourth-order valence-electron chi connectivity index (χ4n) is 4.90. The Morgan fingerprint density at radius 2 is 1.70 bits per heavy atom. The third-order valence-electron chi connectivity index (χ3n) is 7.04. The first-order valence-electron chi connectivity index (χ1n) is 13.2. The van der Waals surface area contributed by atoms with Crippen LogP contribution in [-0.4, -0.2) is 43.0 Å². The van der Waals surface area contributed by atoms with E-state index in [9.17, 15) is 14.9 Å². The van der Waals surface area contributed by atoms with Gasteiger partial charge in [0, 0.05) is 24.7 Å². The Hall–Kier alpha value is -3.79. The van der Waals surface area contributed by atoms with Crippen LogP contribution in [0.3, 0.4) is 0 Å². The molecule has 0 atom stereocenters. The molecule has 1 saturated carbocycles. The topological polar surface area (TPSA) is 91.7 Å². The van der Waals surface area contributed by atoms with Crippen LogP contribution in [0.4, 0.5) is 0 Å². The zero-order valence-corrected chi connectivity index (χ0v) is 21.5. The minimum atomic E-state index is -0.337. The Bertz CT molecular complexity index is 1150. The molecular formula is C30H35N3O4. The normalized spacial score (nSPS) is 16.5. The van der Waals surface area contributed by atoms with Crippen molar-refractivity contribution in [3.63, 3.8) is 0 Å². The molecule has 2 aromatic rings. The minimum absolute atomic E-state index is 0.0699. The lowest BCUT2D eigenvalue weighted by molar-refractivity contribution is -0.117. The van der Waals surface area contributed by atoms with Crippen molar-refractivity contribution in [1.29, 1.82) is 5.26 Å². The molecule has 37 heavy (non-hydrogen) atoms.